The molecule has 0 aliphatic carbocycles. The van der Waals surface area contributed by atoms with Crippen LogP contribution in [0.4, 0.5) is 0 Å². The van der Waals surface area contributed by atoms with Crippen LogP contribution < -0.4 is 0 Å². The van der Waals surface area contributed by atoms with E-state index < -0.39 is 0 Å². The molecule has 0 atom stereocenters. The molecule has 0 unspecified atom stereocenters. The van der Waals surface area contributed by atoms with Crippen molar-refractivity contribution >= 4 is 66.5 Å². The van der Waals surface area contributed by atoms with Crippen LogP contribution in [0.3, 0.4) is 0 Å². The molecule has 84 valence electrons. The molecule has 2 aromatic carbocycles. The van der Waals surface area contributed by atoms with Gasteiger partial charge in [-0.1, -0.05) is 22.5 Å². The molecule has 3 aromatic rings. The van der Waals surface area contributed by atoms with Gasteiger partial charge < -0.3 is 4.57 Å². The van der Waals surface area contributed by atoms with E-state index in [0.717, 1.165) is 4.47 Å². The first-order chi connectivity index (χ1) is 8.20. The second kappa shape index (κ2) is 4.14. The molecule has 0 bridgehead atoms. The number of rotatable bonds is 1. The lowest BCUT2D eigenvalue weighted by Gasteiger charge is -1.98. The minimum atomic E-state index is 1.10. The predicted octanol–water partition coefficient (Wildman–Crippen LogP) is 5.26. The van der Waals surface area contributed by atoms with Gasteiger partial charge in [0, 0.05) is 25.0 Å². The van der Waals surface area contributed by atoms with Gasteiger partial charge in [-0.2, -0.15) is 0 Å². The van der Waals surface area contributed by atoms with Crippen LogP contribution >= 0.6 is 38.5 Å². The summed E-state index contributed by atoms with van der Waals surface area (Å²) in [5, 5.41) is 2.53. The molecule has 0 aliphatic heterocycles. The molecule has 0 fully saturated rings. The number of hydrogen-bond acceptors (Lipinski definition) is 0. The molecule has 0 aliphatic rings. The van der Waals surface area contributed by atoms with Gasteiger partial charge in [0.1, 0.15) is 0 Å². The zero-order valence-electron chi connectivity index (χ0n) is 8.95. The van der Waals surface area contributed by atoms with Crippen LogP contribution in [0.2, 0.25) is 0 Å². The second-order valence-corrected chi connectivity index (χ2v) is 6.04. The third-order valence-electron chi connectivity index (χ3n) is 2.91. The Bertz CT molecular complexity index is 683. The molecule has 3 rings (SSSR count). The maximum atomic E-state index is 3.90. The van der Waals surface area contributed by atoms with Crippen LogP contribution in [0.1, 0.15) is 0 Å². The number of nitrogens with zero attached hydrogens (tertiary/aromatic N) is 1. The van der Waals surface area contributed by atoms with E-state index in [2.05, 4.69) is 86.1 Å². The third kappa shape index (κ3) is 1.72. The first kappa shape index (κ1) is 11.3. The average molecular weight is 398 g/mol. The van der Waals surface area contributed by atoms with Gasteiger partial charge in [-0.3, -0.25) is 0 Å². The SMILES string of the molecule is C=Cn1c2ccc(Br)cc2c2cc(I)ccc21. The van der Waals surface area contributed by atoms with E-state index in [9.17, 15) is 0 Å². The van der Waals surface area contributed by atoms with Crippen molar-refractivity contribution in [2.75, 3.05) is 0 Å². The van der Waals surface area contributed by atoms with Gasteiger partial charge in [-0.05, 0) is 59.0 Å². The summed E-state index contributed by atoms with van der Waals surface area (Å²) in [5.41, 5.74) is 2.40. The Morgan fingerprint density at radius 3 is 2.41 bits per heavy atom. The summed E-state index contributed by atoms with van der Waals surface area (Å²) in [5.74, 6) is 0. The van der Waals surface area contributed by atoms with E-state index in [1.807, 2.05) is 6.20 Å². The molecular weight excluding hydrogens is 389 g/mol. The Morgan fingerprint density at radius 1 is 1.06 bits per heavy atom. The van der Waals surface area contributed by atoms with E-state index in [0.29, 0.717) is 0 Å². The number of aromatic nitrogens is 1. The Kier molecular flexibility index (Phi) is 2.75. The van der Waals surface area contributed by atoms with E-state index >= 15 is 0 Å². The summed E-state index contributed by atoms with van der Waals surface area (Å²) in [7, 11) is 0. The van der Waals surface area contributed by atoms with E-state index in [-0.39, 0.29) is 0 Å². The van der Waals surface area contributed by atoms with Crippen molar-refractivity contribution < 1.29 is 0 Å². The Labute approximate surface area is 121 Å². The minimum absolute atomic E-state index is 1.10. The fraction of sp³-hybridized carbons (Fsp3) is 0. The summed E-state index contributed by atoms with van der Waals surface area (Å²) >= 11 is 5.87. The van der Waals surface area contributed by atoms with Crippen LogP contribution in [-0.2, 0) is 0 Å². The predicted molar refractivity (Wildman–Crippen MR) is 86.2 cm³/mol. The number of hydrogen-bond donors (Lipinski definition) is 0. The molecule has 1 heterocycles. The highest BCUT2D eigenvalue weighted by atomic mass is 127. The van der Waals surface area contributed by atoms with E-state index in [1.54, 1.807) is 0 Å². The molecule has 0 spiro atoms. The van der Waals surface area contributed by atoms with Crippen molar-refractivity contribution in [2.24, 2.45) is 0 Å². The summed E-state index contributed by atoms with van der Waals surface area (Å²) in [6.07, 6.45) is 1.87. The molecular formula is C14H9BrIN. The lowest BCUT2D eigenvalue weighted by atomic mass is 10.2. The van der Waals surface area contributed by atoms with Crippen molar-refractivity contribution in [3.63, 3.8) is 0 Å². The zero-order valence-corrected chi connectivity index (χ0v) is 12.7. The van der Waals surface area contributed by atoms with Gasteiger partial charge >= 0.3 is 0 Å². The van der Waals surface area contributed by atoms with E-state index in [1.165, 1.54) is 25.4 Å². The maximum absolute atomic E-state index is 3.90. The van der Waals surface area contributed by atoms with Crippen molar-refractivity contribution in [3.05, 3.63) is 51.0 Å². The Balaban J connectivity index is 2.61. The molecule has 1 nitrogen and oxygen atoms in total. The fourth-order valence-electron chi connectivity index (χ4n) is 2.19. The van der Waals surface area contributed by atoms with Crippen molar-refractivity contribution in [1.82, 2.24) is 4.57 Å². The van der Waals surface area contributed by atoms with Crippen LogP contribution in [0.25, 0.3) is 28.0 Å². The largest absolute Gasteiger partial charge is 0.317 e. The van der Waals surface area contributed by atoms with Gasteiger partial charge in [0.2, 0.25) is 0 Å². The molecule has 0 saturated carbocycles. The number of benzene rings is 2. The topological polar surface area (TPSA) is 4.93 Å². The van der Waals surface area contributed by atoms with Gasteiger partial charge in [-0.25, -0.2) is 0 Å². The van der Waals surface area contributed by atoms with Crippen LogP contribution in [-0.4, -0.2) is 4.57 Å². The molecule has 0 amide bonds. The van der Waals surface area contributed by atoms with Crippen LogP contribution in [0.15, 0.2) is 47.4 Å². The molecule has 1 aromatic heterocycles. The van der Waals surface area contributed by atoms with Crippen molar-refractivity contribution in [1.29, 1.82) is 0 Å². The first-order valence-corrected chi connectivity index (χ1v) is 7.09. The normalized spacial score (nSPS) is 11.2. The Hall–Kier alpha value is -0.810. The summed E-state index contributed by atoms with van der Waals surface area (Å²) < 4.78 is 4.48. The standard InChI is InChI=1S/C14H9BrIN/c1-2-17-13-5-3-9(15)7-11(13)12-8-10(16)4-6-14(12)17/h2-8H,1H2. The lowest BCUT2D eigenvalue weighted by Crippen LogP contribution is -1.83. The Morgan fingerprint density at radius 2 is 1.71 bits per heavy atom. The maximum Gasteiger partial charge on any atom is 0.0535 e. The molecule has 0 saturated heterocycles. The second-order valence-electron chi connectivity index (χ2n) is 3.88. The number of halogens is 2. The van der Waals surface area contributed by atoms with Crippen LogP contribution in [0, 0.1) is 3.57 Å². The number of fused-ring (bicyclic) bond motifs is 3. The van der Waals surface area contributed by atoms with Crippen LogP contribution in [0.5, 0.6) is 0 Å². The summed E-state index contributed by atoms with van der Waals surface area (Å²) in [6.45, 7) is 3.90. The summed E-state index contributed by atoms with van der Waals surface area (Å²) in [4.78, 5) is 0. The van der Waals surface area contributed by atoms with Gasteiger partial charge in [0.15, 0.2) is 0 Å². The van der Waals surface area contributed by atoms with Gasteiger partial charge in [0.25, 0.3) is 0 Å². The molecule has 17 heavy (non-hydrogen) atoms. The third-order valence-corrected chi connectivity index (χ3v) is 4.07. The highest BCUT2D eigenvalue weighted by Gasteiger charge is 2.09. The highest BCUT2D eigenvalue weighted by molar-refractivity contribution is 14.1. The average Bonchev–Trinajstić information content (AvgIpc) is 2.62. The molecule has 3 heteroatoms. The zero-order chi connectivity index (χ0) is 12.0. The van der Waals surface area contributed by atoms with Gasteiger partial charge in [0.05, 0.1) is 11.0 Å². The van der Waals surface area contributed by atoms with Crippen molar-refractivity contribution in [2.45, 2.75) is 0 Å². The molecule has 0 N–H and O–H groups in total. The summed E-state index contributed by atoms with van der Waals surface area (Å²) in [6, 6.07) is 12.8. The first-order valence-electron chi connectivity index (χ1n) is 5.22. The fourth-order valence-corrected chi connectivity index (χ4v) is 3.05. The van der Waals surface area contributed by atoms with Gasteiger partial charge in [-0.15, -0.1) is 0 Å². The lowest BCUT2D eigenvalue weighted by molar-refractivity contribution is 1.29. The monoisotopic (exact) mass is 397 g/mol. The van der Waals surface area contributed by atoms with E-state index in [4.69, 9.17) is 0 Å². The minimum Gasteiger partial charge on any atom is -0.317 e. The quantitative estimate of drug-likeness (QED) is 0.493. The smallest absolute Gasteiger partial charge is 0.0535 e. The molecule has 0 radical (unpaired) electrons. The highest BCUT2D eigenvalue weighted by Crippen LogP contribution is 2.32. The van der Waals surface area contributed by atoms with Crippen molar-refractivity contribution in [3.8, 4) is 0 Å².